The molecular formula is C20H12Cl3N3O. The van der Waals surface area contributed by atoms with E-state index in [2.05, 4.69) is 28.2 Å². The zero-order chi connectivity index (χ0) is 19.4. The molecule has 0 unspecified atom stereocenters. The van der Waals surface area contributed by atoms with Crippen molar-refractivity contribution < 1.29 is 4.74 Å². The van der Waals surface area contributed by atoms with Gasteiger partial charge in [0.25, 0.3) is 0 Å². The smallest absolute Gasteiger partial charge is 0.139 e. The van der Waals surface area contributed by atoms with Crippen molar-refractivity contribution in [3.05, 3.63) is 57.7 Å². The van der Waals surface area contributed by atoms with Crippen LogP contribution in [0.5, 0.6) is 5.75 Å². The standard InChI is InChI=1S/C20H12Cl3N3O/c1-27-19-9-18(15(22)8-16(19)23)26-20-13(10-24)11-25-17-7-12(3-2-6-21)4-5-14(17)20/h4-5,7-9,11H,6H2,1H3,(H,25,26). The zero-order valence-corrected chi connectivity index (χ0v) is 16.4. The van der Waals surface area contributed by atoms with Crippen molar-refractivity contribution in [1.29, 1.82) is 5.26 Å². The normalized spacial score (nSPS) is 10.0. The molecule has 0 radical (unpaired) electrons. The maximum absolute atomic E-state index is 9.50. The zero-order valence-electron chi connectivity index (χ0n) is 14.1. The minimum absolute atomic E-state index is 0.253. The van der Waals surface area contributed by atoms with Gasteiger partial charge in [0.15, 0.2) is 0 Å². The first-order chi connectivity index (χ1) is 13.1. The van der Waals surface area contributed by atoms with E-state index in [-0.39, 0.29) is 5.88 Å². The second-order valence-electron chi connectivity index (χ2n) is 5.42. The van der Waals surface area contributed by atoms with Crippen LogP contribution in [0, 0.1) is 23.2 Å². The van der Waals surface area contributed by atoms with Crippen LogP contribution in [0.25, 0.3) is 10.9 Å². The van der Waals surface area contributed by atoms with Crippen molar-refractivity contribution in [2.24, 2.45) is 0 Å². The lowest BCUT2D eigenvalue weighted by Crippen LogP contribution is -1.98. The van der Waals surface area contributed by atoms with E-state index in [9.17, 15) is 5.26 Å². The number of ether oxygens (including phenoxy) is 1. The van der Waals surface area contributed by atoms with Gasteiger partial charge in [0, 0.05) is 23.2 Å². The van der Waals surface area contributed by atoms with Gasteiger partial charge in [-0.1, -0.05) is 35.0 Å². The van der Waals surface area contributed by atoms with Gasteiger partial charge in [-0.3, -0.25) is 4.98 Å². The molecule has 134 valence electrons. The van der Waals surface area contributed by atoms with Gasteiger partial charge >= 0.3 is 0 Å². The fourth-order valence-electron chi connectivity index (χ4n) is 2.54. The topological polar surface area (TPSA) is 57.9 Å². The Labute approximate surface area is 171 Å². The molecule has 27 heavy (non-hydrogen) atoms. The Hall–Kier alpha value is -2.63. The number of hydrogen-bond acceptors (Lipinski definition) is 4. The van der Waals surface area contributed by atoms with Gasteiger partial charge < -0.3 is 10.1 Å². The lowest BCUT2D eigenvalue weighted by Gasteiger charge is -2.14. The lowest BCUT2D eigenvalue weighted by molar-refractivity contribution is 0.415. The summed E-state index contributed by atoms with van der Waals surface area (Å²) in [5.41, 5.74) is 3.01. The van der Waals surface area contributed by atoms with Crippen molar-refractivity contribution in [2.45, 2.75) is 0 Å². The van der Waals surface area contributed by atoms with Crippen molar-refractivity contribution in [2.75, 3.05) is 18.3 Å². The Morgan fingerprint density at radius 1 is 1.19 bits per heavy atom. The second kappa shape index (κ2) is 8.37. The number of alkyl halides is 1. The molecule has 4 nitrogen and oxygen atoms in total. The Balaban J connectivity index is 2.14. The molecule has 1 N–H and O–H groups in total. The minimum Gasteiger partial charge on any atom is -0.495 e. The molecule has 2 aromatic carbocycles. The van der Waals surface area contributed by atoms with Gasteiger partial charge in [0.2, 0.25) is 0 Å². The largest absolute Gasteiger partial charge is 0.495 e. The second-order valence-corrected chi connectivity index (χ2v) is 6.50. The van der Waals surface area contributed by atoms with Crippen molar-refractivity contribution in [1.82, 2.24) is 4.98 Å². The quantitative estimate of drug-likeness (QED) is 0.436. The van der Waals surface area contributed by atoms with Crippen LogP contribution in [0.3, 0.4) is 0 Å². The number of hydrogen-bond donors (Lipinski definition) is 1. The molecule has 3 rings (SSSR count). The highest BCUT2D eigenvalue weighted by molar-refractivity contribution is 6.37. The van der Waals surface area contributed by atoms with Crippen LogP contribution in [0.1, 0.15) is 11.1 Å². The highest BCUT2D eigenvalue weighted by atomic mass is 35.5. The van der Waals surface area contributed by atoms with E-state index in [1.807, 2.05) is 18.2 Å². The Bertz CT molecular complexity index is 1130. The number of anilines is 2. The third-order valence-electron chi connectivity index (χ3n) is 3.79. The summed E-state index contributed by atoms with van der Waals surface area (Å²) >= 11 is 18.0. The highest BCUT2D eigenvalue weighted by Gasteiger charge is 2.13. The van der Waals surface area contributed by atoms with E-state index >= 15 is 0 Å². The molecule has 3 aromatic rings. The molecular weight excluding hydrogens is 405 g/mol. The van der Waals surface area contributed by atoms with Gasteiger partial charge in [0.1, 0.15) is 11.8 Å². The molecule has 7 heteroatoms. The lowest BCUT2D eigenvalue weighted by atomic mass is 10.1. The van der Waals surface area contributed by atoms with Crippen LogP contribution in [0.15, 0.2) is 36.5 Å². The average molecular weight is 417 g/mol. The van der Waals surface area contributed by atoms with Crippen LogP contribution in [-0.2, 0) is 0 Å². The van der Waals surface area contributed by atoms with Crippen molar-refractivity contribution in [3.63, 3.8) is 0 Å². The summed E-state index contributed by atoms with van der Waals surface area (Å²) in [5, 5.41) is 14.3. The number of fused-ring (bicyclic) bond motifs is 1. The molecule has 0 amide bonds. The Morgan fingerprint density at radius 3 is 2.70 bits per heavy atom. The minimum atomic E-state index is 0.253. The van der Waals surface area contributed by atoms with E-state index in [0.29, 0.717) is 38.2 Å². The fourth-order valence-corrected chi connectivity index (χ4v) is 3.12. The van der Waals surface area contributed by atoms with Crippen LogP contribution >= 0.6 is 34.8 Å². The molecule has 0 saturated heterocycles. The number of nitrogens with zero attached hydrogens (tertiary/aromatic N) is 2. The number of pyridine rings is 1. The van der Waals surface area contributed by atoms with E-state index in [1.54, 1.807) is 12.1 Å². The van der Waals surface area contributed by atoms with Gasteiger partial charge in [-0.2, -0.15) is 5.26 Å². The number of nitrogens with one attached hydrogen (secondary N) is 1. The molecule has 0 saturated carbocycles. The molecule has 0 aliphatic carbocycles. The molecule has 1 heterocycles. The molecule has 1 aromatic heterocycles. The van der Waals surface area contributed by atoms with Crippen LogP contribution in [0.4, 0.5) is 11.4 Å². The van der Waals surface area contributed by atoms with Crippen LogP contribution in [0.2, 0.25) is 10.0 Å². The summed E-state index contributed by atoms with van der Waals surface area (Å²) in [4.78, 5) is 4.35. The predicted molar refractivity (Wildman–Crippen MR) is 110 cm³/mol. The summed E-state index contributed by atoms with van der Waals surface area (Å²) in [6, 6.07) is 10.9. The first kappa shape index (κ1) is 19.1. The van der Waals surface area contributed by atoms with Crippen LogP contribution in [-0.4, -0.2) is 18.0 Å². The number of aromatic nitrogens is 1. The number of rotatable bonds is 3. The van der Waals surface area contributed by atoms with Gasteiger partial charge in [-0.25, -0.2) is 0 Å². The number of methoxy groups -OCH3 is 1. The summed E-state index contributed by atoms with van der Waals surface area (Å²) in [6.45, 7) is 0. The average Bonchev–Trinajstić information content (AvgIpc) is 2.68. The SMILES string of the molecule is COc1cc(Nc2c(C#N)cnc3cc(C#CCCl)ccc23)c(Cl)cc1Cl. The number of benzene rings is 2. The molecule has 0 bridgehead atoms. The van der Waals surface area contributed by atoms with Crippen molar-refractivity contribution >= 4 is 57.1 Å². The van der Waals surface area contributed by atoms with Gasteiger partial charge in [-0.05, 0) is 24.3 Å². The number of nitriles is 1. The monoisotopic (exact) mass is 415 g/mol. The first-order valence-corrected chi connectivity index (χ1v) is 9.04. The Kier molecular flexibility index (Phi) is 5.94. The summed E-state index contributed by atoms with van der Waals surface area (Å²) < 4.78 is 5.24. The van der Waals surface area contributed by atoms with Crippen molar-refractivity contribution in [3.8, 4) is 23.7 Å². The third-order valence-corrected chi connectivity index (χ3v) is 4.53. The third kappa shape index (κ3) is 4.04. The molecule has 0 atom stereocenters. The maximum Gasteiger partial charge on any atom is 0.139 e. The summed E-state index contributed by atoms with van der Waals surface area (Å²) in [6.07, 6.45) is 1.50. The maximum atomic E-state index is 9.50. The van der Waals surface area contributed by atoms with E-state index in [1.165, 1.54) is 13.3 Å². The van der Waals surface area contributed by atoms with Gasteiger partial charge in [0.05, 0.1) is 45.5 Å². The number of halogens is 3. The molecule has 0 aliphatic heterocycles. The highest BCUT2D eigenvalue weighted by Crippen LogP contribution is 2.37. The van der Waals surface area contributed by atoms with Gasteiger partial charge in [-0.15, -0.1) is 11.6 Å². The summed E-state index contributed by atoms with van der Waals surface area (Å²) in [7, 11) is 1.52. The first-order valence-electron chi connectivity index (χ1n) is 7.75. The van der Waals surface area contributed by atoms with E-state index in [4.69, 9.17) is 39.5 Å². The van der Waals surface area contributed by atoms with E-state index in [0.717, 1.165) is 10.9 Å². The fraction of sp³-hybridized carbons (Fsp3) is 0.100. The predicted octanol–water partition coefficient (Wildman–Crippen LogP) is 5.76. The van der Waals surface area contributed by atoms with E-state index < -0.39 is 0 Å². The summed E-state index contributed by atoms with van der Waals surface area (Å²) in [5.74, 6) is 6.49. The molecule has 0 aliphatic rings. The molecule has 0 fully saturated rings. The Morgan fingerprint density at radius 2 is 2.00 bits per heavy atom. The van der Waals surface area contributed by atoms with Crippen LogP contribution < -0.4 is 10.1 Å². The molecule has 0 spiro atoms.